The van der Waals surface area contributed by atoms with E-state index in [2.05, 4.69) is 5.32 Å². The molecule has 0 heterocycles. The summed E-state index contributed by atoms with van der Waals surface area (Å²) >= 11 is 0. The maximum Gasteiger partial charge on any atom is 0.260 e. The fourth-order valence-corrected chi connectivity index (χ4v) is 2.85. The highest BCUT2D eigenvalue weighted by molar-refractivity contribution is 5.81. The standard InChI is InChI=1S/C18H27NO2/c1-14-10-8-9-13-17(14)21-15(2)18(20)19-16-11-6-4-3-5-7-12-16/h8-10,13,15-16H,3-7,11-12H2,1-2H3,(H,19,20)/t15-/m1/s1. The second kappa shape index (κ2) is 8.06. The highest BCUT2D eigenvalue weighted by Crippen LogP contribution is 2.19. The van der Waals surface area contributed by atoms with Crippen LogP contribution in [-0.4, -0.2) is 18.1 Å². The van der Waals surface area contributed by atoms with E-state index in [1.54, 1.807) is 0 Å². The van der Waals surface area contributed by atoms with Gasteiger partial charge in [0.1, 0.15) is 5.75 Å². The maximum atomic E-state index is 12.3. The number of hydrogen-bond donors (Lipinski definition) is 1. The molecule has 1 fully saturated rings. The summed E-state index contributed by atoms with van der Waals surface area (Å²) in [5.74, 6) is 0.793. The van der Waals surface area contributed by atoms with Gasteiger partial charge in [0.2, 0.25) is 0 Å². The normalized spacial score (nSPS) is 18.4. The first-order valence-corrected chi connectivity index (χ1v) is 8.19. The third-order valence-electron chi connectivity index (χ3n) is 4.22. The van der Waals surface area contributed by atoms with Gasteiger partial charge < -0.3 is 10.1 Å². The number of amides is 1. The first-order chi connectivity index (χ1) is 10.2. The molecule has 21 heavy (non-hydrogen) atoms. The van der Waals surface area contributed by atoms with Crippen LogP contribution in [0.4, 0.5) is 0 Å². The quantitative estimate of drug-likeness (QED) is 0.910. The summed E-state index contributed by atoms with van der Waals surface area (Å²) in [6.45, 7) is 3.82. The van der Waals surface area contributed by atoms with Crippen LogP contribution in [0.1, 0.15) is 57.4 Å². The number of rotatable bonds is 4. The molecule has 2 rings (SSSR count). The Morgan fingerprint density at radius 2 is 1.76 bits per heavy atom. The van der Waals surface area contributed by atoms with E-state index in [-0.39, 0.29) is 5.91 Å². The molecule has 1 atom stereocenters. The molecule has 1 aromatic rings. The van der Waals surface area contributed by atoms with Gasteiger partial charge in [-0.25, -0.2) is 0 Å². The van der Waals surface area contributed by atoms with Crippen LogP contribution in [0, 0.1) is 6.92 Å². The number of benzene rings is 1. The second-order valence-corrected chi connectivity index (χ2v) is 6.08. The number of carbonyl (C=O) groups excluding carboxylic acids is 1. The number of aryl methyl sites for hydroxylation is 1. The number of carbonyl (C=O) groups is 1. The first-order valence-electron chi connectivity index (χ1n) is 8.19. The lowest BCUT2D eigenvalue weighted by atomic mass is 9.96. The average Bonchev–Trinajstić information content (AvgIpc) is 2.44. The Bertz CT molecular complexity index is 450. The largest absolute Gasteiger partial charge is 0.481 e. The van der Waals surface area contributed by atoms with Crippen LogP contribution in [0.5, 0.6) is 5.75 Å². The lowest BCUT2D eigenvalue weighted by Gasteiger charge is -2.23. The van der Waals surface area contributed by atoms with Gasteiger partial charge in [0.05, 0.1) is 0 Å². The Labute approximate surface area is 128 Å². The Morgan fingerprint density at radius 3 is 2.43 bits per heavy atom. The Balaban J connectivity index is 1.85. The molecule has 3 heteroatoms. The van der Waals surface area contributed by atoms with E-state index in [0.29, 0.717) is 6.04 Å². The van der Waals surface area contributed by atoms with Gasteiger partial charge in [0.25, 0.3) is 5.91 Å². The van der Waals surface area contributed by atoms with E-state index in [9.17, 15) is 4.79 Å². The van der Waals surface area contributed by atoms with Crippen molar-refractivity contribution in [2.75, 3.05) is 0 Å². The summed E-state index contributed by atoms with van der Waals surface area (Å²) in [5.41, 5.74) is 1.06. The Hall–Kier alpha value is -1.51. The number of para-hydroxylation sites is 1. The molecule has 3 nitrogen and oxygen atoms in total. The van der Waals surface area contributed by atoms with Gasteiger partial charge in [-0.1, -0.05) is 50.3 Å². The summed E-state index contributed by atoms with van der Waals surface area (Å²) < 4.78 is 5.79. The predicted octanol–water partition coefficient (Wildman–Crippen LogP) is 3.99. The van der Waals surface area contributed by atoms with Crippen molar-refractivity contribution >= 4 is 5.91 Å². The van der Waals surface area contributed by atoms with Crippen LogP contribution < -0.4 is 10.1 Å². The van der Waals surface area contributed by atoms with Crippen LogP contribution in [0.15, 0.2) is 24.3 Å². The van der Waals surface area contributed by atoms with Crippen molar-refractivity contribution in [3.8, 4) is 5.75 Å². The highest BCUT2D eigenvalue weighted by Gasteiger charge is 2.20. The number of hydrogen-bond acceptors (Lipinski definition) is 2. The van der Waals surface area contributed by atoms with E-state index in [1.807, 2.05) is 38.1 Å². The molecular weight excluding hydrogens is 262 g/mol. The lowest BCUT2D eigenvalue weighted by Crippen LogP contribution is -2.42. The fraction of sp³-hybridized carbons (Fsp3) is 0.611. The molecule has 116 valence electrons. The Morgan fingerprint density at radius 1 is 1.14 bits per heavy atom. The summed E-state index contributed by atoms with van der Waals surface area (Å²) in [5, 5.41) is 3.16. The van der Waals surface area contributed by atoms with Gasteiger partial charge in [-0.2, -0.15) is 0 Å². The van der Waals surface area contributed by atoms with Gasteiger partial charge in [-0.3, -0.25) is 4.79 Å². The van der Waals surface area contributed by atoms with Crippen LogP contribution in [0.3, 0.4) is 0 Å². The van der Waals surface area contributed by atoms with E-state index in [1.165, 1.54) is 32.1 Å². The first kappa shape index (κ1) is 15.9. The minimum Gasteiger partial charge on any atom is -0.481 e. The summed E-state index contributed by atoms with van der Waals surface area (Å²) in [4.78, 5) is 12.3. The van der Waals surface area contributed by atoms with Crippen molar-refractivity contribution in [3.63, 3.8) is 0 Å². The van der Waals surface area contributed by atoms with Crippen LogP contribution in [0.2, 0.25) is 0 Å². The molecule has 1 aliphatic carbocycles. The fourth-order valence-electron chi connectivity index (χ4n) is 2.85. The Kier molecular flexibility index (Phi) is 6.09. The van der Waals surface area contributed by atoms with E-state index in [4.69, 9.17) is 4.74 Å². The van der Waals surface area contributed by atoms with Gasteiger partial charge in [-0.05, 0) is 38.3 Å². The average molecular weight is 289 g/mol. The van der Waals surface area contributed by atoms with Gasteiger partial charge in [0.15, 0.2) is 6.10 Å². The van der Waals surface area contributed by atoms with E-state index < -0.39 is 6.10 Å². The summed E-state index contributed by atoms with van der Waals surface area (Å²) in [6.07, 6.45) is 8.12. The molecule has 0 radical (unpaired) electrons. The molecule has 1 N–H and O–H groups in total. The number of nitrogens with one attached hydrogen (secondary N) is 1. The second-order valence-electron chi connectivity index (χ2n) is 6.08. The molecule has 1 aliphatic rings. The molecule has 1 aromatic carbocycles. The summed E-state index contributed by atoms with van der Waals surface area (Å²) in [6, 6.07) is 8.13. The molecule has 1 saturated carbocycles. The molecule has 0 unspecified atom stereocenters. The van der Waals surface area contributed by atoms with Crippen LogP contribution in [-0.2, 0) is 4.79 Å². The van der Waals surface area contributed by atoms with E-state index in [0.717, 1.165) is 24.2 Å². The highest BCUT2D eigenvalue weighted by atomic mass is 16.5. The molecule has 0 spiro atoms. The van der Waals surface area contributed by atoms with Gasteiger partial charge >= 0.3 is 0 Å². The molecule has 0 bridgehead atoms. The van der Waals surface area contributed by atoms with Crippen molar-refractivity contribution in [3.05, 3.63) is 29.8 Å². The molecular formula is C18H27NO2. The van der Waals surface area contributed by atoms with Crippen LogP contribution >= 0.6 is 0 Å². The maximum absolute atomic E-state index is 12.3. The summed E-state index contributed by atoms with van der Waals surface area (Å²) in [7, 11) is 0. The van der Waals surface area contributed by atoms with Crippen molar-refractivity contribution < 1.29 is 9.53 Å². The van der Waals surface area contributed by atoms with Crippen molar-refractivity contribution in [1.29, 1.82) is 0 Å². The third-order valence-corrected chi connectivity index (χ3v) is 4.22. The van der Waals surface area contributed by atoms with Crippen LogP contribution in [0.25, 0.3) is 0 Å². The minimum absolute atomic E-state index is 0.00354. The van der Waals surface area contributed by atoms with Crippen molar-refractivity contribution in [1.82, 2.24) is 5.32 Å². The smallest absolute Gasteiger partial charge is 0.260 e. The third kappa shape index (κ3) is 5.07. The topological polar surface area (TPSA) is 38.3 Å². The van der Waals surface area contributed by atoms with Gasteiger partial charge in [0, 0.05) is 6.04 Å². The zero-order valence-electron chi connectivity index (χ0n) is 13.2. The molecule has 0 aliphatic heterocycles. The zero-order chi connectivity index (χ0) is 15.1. The molecule has 0 aromatic heterocycles. The zero-order valence-corrected chi connectivity index (χ0v) is 13.2. The SMILES string of the molecule is Cc1ccccc1O[C@H](C)C(=O)NC1CCCCCCC1. The number of ether oxygens (including phenoxy) is 1. The van der Waals surface area contributed by atoms with Crippen molar-refractivity contribution in [2.24, 2.45) is 0 Å². The van der Waals surface area contributed by atoms with Crippen molar-refractivity contribution in [2.45, 2.75) is 70.9 Å². The van der Waals surface area contributed by atoms with Gasteiger partial charge in [-0.15, -0.1) is 0 Å². The monoisotopic (exact) mass is 289 g/mol. The molecule has 0 saturated heterocycles. The van der Waals surface area contributed by atoms with E-state index >= 15 is 0 Å². The lowest BCUT2D eigenvalue weighted by molar-refractivity contribution is -0.128. The molecule has 1 amide bonds. The predicted molar refractivity (Wildman–Crippen MR) is 85.5 cm³/mol. The minimum atomic E-state index is -0.448.